The third kappa shape index (κ3) is 3.81. The van der Waals surface area contributed by atoms with E-state index in [9.17, 15) is 9.90 Å². The highest BCUT2D eigenvalue weighted by Gasteiger charge is 2.21. The van der Waals surface area contributed by atoms with E-state index in [1.54, 1.807) is 6.07 Å². The van der Waals surface area contributed by atoms with Gasteiger partial charge in [-0.15, -0.1) is 0 Å². The van der Waals surface area contributed by atoms with Crippen molar-refractivity contribution in [2.24, 2.45) is 0 Å². The highest BCUT2D eigenvalue weighted by Crippen LogP contribution is 2.22. The van der Waals surface area contributed by atoms with E-state index in [0.717, 1.165) is 37.2 Å². The molecule has 0 saturated heterocycles. The van der Waals surface area contributed by atoms with E-state index in [0.29, 0.717) is 12.2 Å². The summed E-state index contributed by atoms with van der Waals surface area (Å²) in [5.74, 6) is -0.827. The predicted octanol–water partition coefficient (Wildman–Crippen LogP) is 2.56. The predicted molar refractivity (Wildman–Crippen MR) is 78.1 cm³/mol. The molecular formula is C16H23NO3. The lowest BCUT2D eigenvalue weighted by molar-refractivity contribution is -0.0144. The van der Waals surface area contributed by atoms with Gasteiger partial charge < -0.3 is 9.84 Å². The summed E-state index contributed by atoms with van der Waals surface area (Å²) in [6.07, 6.45) is 0.799. The Labute approximate surface area is 120 Å². The van der Waals surface area contributed by atoms with Crippen LogP contribution in [0.5, 0.6) is 0 Å². The number of hydrogen-bond acceptors (Lipinski definition) is 3. The van der Waals surface area contributed by atoms with E-state index in [2.05, 4.69) is 25.7 Å². The van der Waals surface area contributed by atoms with Gasteiger partial charge in [0.2, 0.25) is 0 Å². The fourth-order valence-electron chi connectivity index (χ4n) is 2.54. The number of aromatic carboxylic acids is 1. The van der Waals surface area contributed by atoms with E-state index < -0.39 is 5.97 Å². The van der Waals surface area contributed by atoms with E-state index >= 15 is 0 Å². The molecule has 4 heteroatoms. The molecule has 0 aliphatic carbocycles. The molecular weight excluding hydrogens is 254 g/mol. The molecule has 1 aromatic carbocycles. The molecule has 110 valence electrons. The topological polar surface area (TPSA) is 49.8 Å². The van der Waals surface area contributed by atoms with Gasteiger partial charge in [-0.05, 0) is 44.4 Å². The quantitative estimate of drug-likeness (QED) is 0.919. The summed E-state index contributed by atoms with van der Waals surface area (Å²) in [4.78, 5) is 13.5. The fraction of sp³-hybridized carbons (Fsp3) is 0.562. The fourth-order valence-corrected chi connectivity index (χ4v) is 2.54. The molecule has 0 saturated carbocycles. The van der Waals surface area contributed by atoms with Crippen LogP contribution in [0.4, 0.5) is 0 Å². The minimum absolute atomic E-state index is 0.107. The number of carboxylic acids is 1. The molecule has 0 amide bonds. The first-order valence-corrected chi connectivity index (χ1v) is 7.07. The molecule has 4 nitrogen and oxygen atoms in total. The number of benzene rings is 1. The molecule has 0 spiro atoms. The maximum atomic E-state index is 11.2. The molecule has 0 radical (unpaired) electrons. The number of ether oxygens (including phenoxy) is 1. The van der Waals surface area contributed by atoms with Crippen molar-refractivity contribution in [2.45, 2.75) is 39.3 Å². The highest BCUT2D eigenvalue weighted by atomic mass is 16.5. The van der Waals surface area contributed by atoms with Crippen LogP contribution in [0.2, 0.25) is 0 Å². The molecule has 0 bridgehead atoms. The van der Waals surface area contributed by atoms with Crippen molar-refractivity contribution in [1.29, 1.82) is 0 Å². The molecule has 1 heterocycles. The van der Waals surface area contributed by atoms with Crippen LogP contribution >= 0.6 is 0 Å². The molecule has 0 unspecified atom stereocenters. The standard InChI is InChI=1S/C16H23NO3/c1-16(2,3)20-10-9-17-8-7-13-12(11-17)5-4-6-14(13)15(18)19/h4-6H,7-11H2,1-3H3,(H,18,19). The lowest BCUT2D eigenvalue weighted by atomic mass is 9.94. The van der Waals surface area contributed by atoms with Gasteiger partial charge in [-0.3, -0.25) is 4.90 Å². The van der Waals surface area contributed by atoms with Crippen molar-refractivity contribution in [2.75, 3.05) is 19.7 Å². The van der Waals surface area contributed by atoms with Crippen LogP contribution in [0, 0.1) is 0 Å². The summed E-state index contributed by atoms with van der Waals surface area (Å²) in [7, 11) is 0. The number of carbonyl (C=O) groups is 1. The van der Waals surface area contributed by atoms with Gasteiger partial charge in [0.1, 0.15) is 0 Å². The Morgan fingerprint density at radius 2 is 2.15 bits per heavy atom. The Morgan fingerprint density at radius 1 is 1.40 bits per heavy atom. The Bertz CT molecular complexity index is 491. The smallest absolute Gasteiger partial charge is 0.335 e. The molecule has 20 heavy (non-hydrogen) atoms. The number of carboxylic acid groups (broad SMARTS) is 1. The minimum Gasteiger partial charge on any atom is -0.478 e. The first-order valence-electron chi connectivity index (χ1n) is 7.07. The van der Waals surface area contributed by atoms with Crippen molar-refractivity contribution in [3.8, 4) is 0 Å². The van der Waals surface area contributed by atoms with Gasteiger partial charge in [0.25, 0.3) is 0 Å². The Hall–Kier alpha value is -1.39. The monoisotopic (exact) mass is 277 g/mol. The molecule has 1 aromatic rings. The molecule has 2 rings (SSSR count). The zero-order valence-electron chi connectivity index (χ0n) is 12.5. The number of nitrogens with zero attached hydrogens (tertiary/aromatic N) is 1. The zero-order chi connectivity index (χ0) is 14.8. The van der Waals surface area contributed by atoms with E-state index in [1.165, 1.54) is 0 Å². The van der Waals surface area contributed by atoms with Crippen LogP contribution in [0.15, 0.2) is 18.2 Å². The summed E-state index contributed by atoms with van der Waals surface area (Å²) in [5.41, 5.74) is 2.47. The van der Waals surface area contributed by atoms with Crippen LogP contribution < -0.4 is 0 Å². The van der Waals surface area contributed by atoms with Gasteiger partial charge in [0.05, 0.1) is 17.8 Å². The maximum absolute atomic E-state index is 11.2. The minimum atomic E-state index is -0.827. The van der Waals surface area contributed by atoms with Gasteiger partial charge in [0, 0.05) is 19.6 Å². The van der Waals surface area contributed by atoms with Crippen molar-refractivity contribution < 1.29 is 14.6 Å². The van der Waals surface area contributed by atoms with Gasteiger partial charge >= 0.3 is 5.97 Å². The van der Waals surface area contributed by atoms with Crippen LogP contribution in [0.3, 0.4) is 0 Å². The average Bonchev–Trinajstić information content (AvgIpc) is 2.36. The molecule has 0 fully saturated rings. The first-order chi connectivity index (χ1) is 9.37. The van der Waals surface area contributed by atoms with Gasteiger partial charge in [-0.25, -0.2) is 4.79 Å². The van der Waals surface area contributed by atoms with E-state index in [4.69, 9.17) is 4.74 Å². The molecule has 1 N–H and O–H groups in total. The summed E-state index contributed by atoms with van der Waals surface area (Å²) < 4.78 is 5.75. The van der Waals surface area contributed by atoms with Crippen LogP contribution in [-0.2, 0) is 17.7 Å². The van der Waals surface area contributed by atoms with Crippen LogP contribution in [-0.4, -0.2) is 41.3 Å². The largest absolute Gasteiger partial charge is 0.478 e. The maximum Gasteiger partial charge on any atom is 0.335 e. The third-order valence-corrected chi connectivity index (χ3v) is 3.52. The van der Waals surface area contributed by atoms with Crippen molar-refractivity contribution >= 4 is 5.97 Å². The third-order valence-electron chi connectivity index (χ3n) is 3.52. The number of hydrogen-bond donors (Lipinski definition) is 1. The van der Waals surface area contributed by atoms with Gasteiger partial charge in [-0.2, -0.15) is 0 Å². The van der Waals surface area contributed by atoms with Gasteiger partial charge in [0.15, 0.2) is 0 Å². The average molecular weight is 277 g/mol. The number of rotatable bonds is 4. The van der Waals surface area contributed by atoms with Crippen molar-refractivity contribution in [3.63, 3.8) is 0 Å². The molecule has 1 aliphatic heterocycles. The second-order valence-corrected chi connectivity index (χ2v) is 6.24. The van der Waals surface area contributed by atoms with E-state index in [1.807, 2.05) is 12.1 Å². The zero-order valence-corrected chi connectivity index (χ0v) is 12.5. The van der Waals surface area contributed by atoms with Crippen molar-refractivity contribution in [3.05, 3.63) is 34.9 Å². The Kier molecular flexibility index (Phi) is 4.45. The SMILES string of the molecule is CC(C)(C)OCCN1CCc2c(cccc2C(=O)O)C1. The molecule has 0 atom stereocenters. The highest BCUT2D eigenvalue weighted by molar-refractivity contribution is 5.89. The molecule has 1 aliphatic rings. The summed E-state index contributed by atoms with van der Waals surface area (Å²) in [6, 6.07) is 5.55. The van der Waals surface area contributed by atoms with E-state index in [-0.39, 0.29) is 5.60 Å². The summed E-state index contributed by atoms with van der Waals surface area (Å²) in [5, 5.41) is 9.20. The second-order valence-electron chi connectivity index (χ2n) is 6.24. The van der Waals surface area contributed by atoms with Crippen LogP contribution in [0.1, 0.15) is 42.3 Å². The number of fused-ring (bicyclic) bond motifs is 1. The first kappa shape index (κ1) is 15.0. The lowest BCUT2D eigenvalue weighted by Crippen LogP contribution is -2.35. The Morgan fingerprint density at radius 3 is 2.80 bits per heavy atom. The summed E-state index contributed by atoms with van der Waals surface area (Å²) >= 11 is 0. The van der Waals surface area contributed by atoms with Gasteiger partial charge in [-0.1, -0.05) is 12.1 Å². The van der Waals surface area contributed by atoms with Crippen LogP contribution in [0.25, 0.3) is 0 Å². The second kappa shape index (κ2) is 5.94. The normalized spacial score (nSPS) is 15.9. The molecule has 0 aromatic heterocycles. The summed E-state index contributed by atoms with van der Waals surface area (Å²) in [6.45, 7) is 9.45. The Balaban J connectivity index is 1.98. The van der Waals surface area contributed by atoms with Crippen molar-refractivity contribution in [1.82, 2.24) is 4.90 Å². The lowest BCUT2D eigenvalue weighted by Gasteiger charge is -2.30.